The molecule has 3 heteroatoms. The van der Waals surface area contributed by atoms with Crippen LogP contribution in [0, 0.1) is 12.8 Å². The van der Waals surface area contributed by atoms with Crippen LogP contribution in [0.3, 0.4) is 0 Å². The van der Waals surface area contributed by atoms with Crippen LogP contribution < -0.4 is 5.32 Å². The average Bonchev–Trinajstić information content (AvgIpc) is 2.79. The number of amides is 1. The fourth-order valence-electron chi connectivity index (χ4n) is 3.16. The molecule has 0 saturated heterocycles. The van der Waals surface area contributed by atoms with Crippen LogP contribution in [0.15, 0.2) is 24.3 Å². The molecule has 1 N–H and O–H groups in total. The van der Waals surface area contributed by atoms with E-state index in [4.69, 9.17) is 0 Å². The predicted octanol–water partition coefficient (Wildman–Crippen LogP) is 4.52. The molecule has 1 aliphatic rings. The molecule has 1 aromatic carbocycles. The van der Waals surface area contributed by atoms with Crippen LogP contribution in [0.25, 0.3) is 10.1 Å². The third-order valence-electron chi connectivity index (χ3n) is 4.48. The molecule has 1 aromatic heterocycles. The molecule has 1 aliphatic carbocycles. The Morgan fingerprint density at radius 3 is 2.75 bits per heavy atom. The van der Waals surface area contributed by atoms with Gasteiger partial charge in [0.05, 0.1) is 4.88 Å². The Morgan fingerprint density at radius 1 is 1.25 bits per heavy atom. The number of nitrogens with one attached hydrogen (secondary N) is 1. The Kier molecular flexibility index (Phi) is 3.79. The zero-order valence-electron chi connectivity index (χ0n) is 12.1. The van der Waals surface area contributed by atoms with Gasteiger partial charge in [0.15, 0.2) is 0 Å². The number of rotatable bonds is 2. The molecular weight excluding hydrogens is 266 g/mol. The second-order valence-electron chi connectivity index (χ2n) is 5.89. The van der Waals surface area contributed by atoms with Crippen LogP contribution >= 0.6 is 11.3 Å². The molecule has 1 fully saturated rings. The van der Waals surface area contributed by atoms with Gasteiger partial charge in [-0.25, -0.2) is 0 Å². The topological polar surface area (TPSA) is 29.1 Å². The van der Waals surface area contributed by atoms with Gasteiger partial charge in [-0.15, -0.1) is 11.3 Å². The van der Waals surface area contributed by atoms with Crippen LogP contribution in [0.4, 0.5) is 0 Å². The third-order valence-corrected chi connectivity index (χ3v) is 5.75. The molecule has 2 atom stereocenters. The lowest BCUT2D eigenvalue weighted by Crippen LogP contribution is -2.40. The highest BCUT2D eigenvalue weighted by Crippen LogP contribution is 2.31. The first-order chi connectivity index (χ1) is 9.66. The van der Waals surface area contributed by atoms with Gasteiger partial charge in [0, 0.05) is 10.7 Å². The highest BCUT2D eigenvalue weighted by atomic mass is 32.1. The maximum atomic E-state index is 12.5. The molecule has 0 spiro atoms. The molecule has 3 rings (SSSR count). The van der Waals surface area contributed by atoms with E-state index in [1.165, 1.54) is 29.3 Å². The first-order valence-corrected chi connectivity index (χ1v) is 8.27. The SMILES string of the molecule is Cc1c(C(=O)NC2CCCCC2C)sc2ccccc12. The highest BCUT2D eigenvalue weighted by Gasteiger charge is 2.24. The van der Waals surface area contributed by atoms with Crippen LogP contribution in [0.5, 0.6) is 0 Å². The van der Waals surface area contributed by atoms with Crippen molar-refractivity contribution in [2.45, 2.75) is 45.6 Å². The molecule has 0 aliphatic heterocycles. The van der Waals surface area contributed by atoms with Crippen LogP contribution in [-0.4, -0.2) is 11.9 Å². The Bertz CT molecular complexity index is 631. The smallest absolute Gasteiger partial charge is 0.261 e. The Balaban J connectivity index is 1.83. The van der Waals surface area contributed by atoms with E-state index in [9.17, 15) is 4.79 Å². The zero-order chi connectivity index (χ0) is 14.1. The van der Waals surface area contributed by atoms with Crippen molar-refractivity contribution in [3.05, 3.63) is 34.7 Å². The zero-order valence-corrected chi connectivity index (χ0v) is 12.9. The lowest BCUT2D eigenvalue weighted by molar-refractivity contribution is 0.0914. The summed E-state index contributed by atoms with van der Waals surface area (Å²) in [4.78, 5) is 13.4. The van der Waals surface area contributed by atoms with Crippen molar-refractivity contribution in [3.8, 4) is 0 Å². The second kappa shape index (κ2) is 5.57. The van der Waals surface area contributed by atoms with E-state index in [1.54, 1.807) is 11.3 Å². The normalized spacial score (nSPS) is 22.9. The van der Waals surface area contributed by atoms with Crippen molar-refractivity contribution in [2.24, 2.45) is 5.92 Å². The number of hydrogen-bond acceptors (Lipinski definition) is 2. The summed E-state index contributed by atoms with van der Waals surface area (Å²) in [5.74, 6) is 0.713. The van der Waals surface area contributed by atoms with E-state index in [0.717, 1.165) is 16.9 Å². The van der Waals surface area contributed by atoms with Crippen molar-refractivity contribution in [2.75, 3.05) is 0 Å². The molecule has 1 amide bonds. The summed E-state index contributed by atoms with van der Waals surface area (Å²) in [6.07, 6.45) is 4.89. The minimum absolute atomic E-state index is 0.113. The summed E-state index contributed by atoms with van der Waals surface area (Å²) in [6, 6.07) is 8.60. The number of fused-ring (bicyclic) bond motifs is 1. The van der Waals surface area contributed by atoms with Crippen LogP contribution in [-0.2, 0) is 0 Å². The first-order valence-electron chi connectivity index (χ1n) is 7.46. The van der Waals surface area contributed by atoms with Crippen molar-refractivity contribution in [1.29, 1.82) is 0 Å². The molecule has 2 nitrogen and oxygen atoms in total. The number of hydrogen-bond donors (Lipinski definition) is 1. The van der Waals surface area contributed by atoms with Crippen molar-refractivity contribution in [3.63, 3.8) is 0 Å². The predicted molar refractivity (Wildman–Crippen MR) is 85.4 cm³/mol. The van der Waals surface area contributed by atoms with Crippen molar-refractivity contribution >= 4 is 27.3 Å². The van der Waals surface area contributed by atoms with Gasteiger partial charge in [-0.1, -0.05) is 38.0 Å². The second-order valence-corrected chi connectivity index (χ2v) is 6.95. The van der Waals surface area contributed by atoms with E-state index >= 15 is 0 Å². The summed E-state index contributed by atoms with van der Waals surface area (Å²) >= 11 is 1.61. The maximum Gasteiger partial charge on any atom is 0.261 e. The number of carbonyl (C=O) groups excluding carboxylic acids is 1. The van der Waals surface area contributed by atoms with Gasteiger partial charge in [0.1, 0.15) is 0 Å². The Hall–Kier alpha value is -1.35. The Morgan fingerprint density at radius 2 is 2.00 bits per heavy atom. The quantitative estimate of drug-likeness (QED) is 0.864. The summed E-state index contributed by atoms with van der Waals surface area (Å²) in [6.45, 7) is 4.31. The number of aryl methyl sites for hydroxylation is 1. The van der Waals surface area contributed by atoms with E-state index in [-0.39, 0.29) is 5.91 Å². The van der Waals surface area contributed by atoms with Gasteiger partial charge in [-0.2, -0.15) is 0 Å². The first kappa shape index (κ1) is 13.6. The van der Waals surface area contributed by atoms with Crippen molar-refractivity contribution < 1.29 is 4.79 Å². The van der Waals surface area contributed by atoms with E-state index in [2.05, 4.69) is 31.3 Å². The standard InChI is InChI=1S/C17H21NOS/c1-11-7-3-5-9-14(11)18-17(19)16-12(2)13-8-4-6-10-15(13)20-16/h4,6,8,10-11,14H,3,5,7,9H2,1-2H3,(H,18,19). The summed E-state index contributed by atoms with van der Waals surface area (Å²) in [5.41, 5.74) is 1.12. The van der Waals surface area contributed by atoms with Gasteiger partial charge in [0.2, 0.25) is 0 Å². The largest absolute Gasteiger partial charge is 0.348 e. The number of thiophene rings is 1. The Labute approximate surface area is 124 Å². The van der Waals surface area contributed by atoms with E-state index in [1.807, 2.05) is 12.1 Å². The lowest BCUT2D eigenvalue weighted by Gasteiger charge is -2.29. The lowest BCUT2D eigenvalue weighted by atomic mass is 9.86. The average molecular weight is 287 g/mol. The monoisotopic (exact) mass is 287 g/mol. The molecule has 106 valence electrons. The maximum absolute atomic E-state index is 12.5. The van der Waals surface area contributed by atoms with Gasteiger partial charge >= 0.3 is 0 Å². The van der Waals surface area contributed by atoms with Gasteiger partial charge in [-0.3, -0.25) is 4.79 Å². The molecule has 0 bridgehead atoms. The van der Waals surface area contributed by atoms with Crippen LogP contribution in [0.1, 0.15) is 47.8 Å². The molecule has 20 heavy (non-hydrogen) atoms. The summed E-state index contributed by atoms with van der Waals surface area (Å²) < 4.78 is 1.20. The van der Waals surface area contributed by atoms with E-state index < -0.39 is 0 Å². The van der Waals surface area contributed by atoms with E-state index in [0.29, 0.717) is 12.0 Å². The molecule has 2 unspecified atom stereocenters. The summed E-state index contributed by atoms with van der Waals surface area (Å²) in [5, 5.41) is 4.47. The fourth-order valence-corrected chi connectivity index (χ4v) is 4.27. The molecule has 1 saturated carbocycles. The van der Waals surface area contributed by atoms with Gasteiger partial charge in [-0.05, 0) is 42.7 Å². The van der Waals surface area contributed by atoms with Crippen LogP contribution in [0.2, 0.25) is 0 Å². The molecule has 1 heterocycles. The minimum atomic E-state index is 0.113. The van der Waals surface area contributed by atoms with Gasteiger partial charge in [0.25, 0.3) is 5.91 Å². The molecule has 2 aromatic rings. The highest BCUT2D eigenvalue weighted by molar-refractivity contribution is 7.21. The van der Waals surface area contributed by atoms with Gasteiger partial charge < -0.3 is 5.32 Å². The number of carbonyl (C=O) groups is 1. The molecule has 0 radical (unpaired) electrons. The minimum Gasteiger partial charge on any atom is -0.348 e. The van der Waals surface area contributed by atoms with Crippen molar-refractivity contribution in [1.82, 2.24) is 5.32 Å². The molecular formula is C17H21NOS. The number of benzene rings is 1. The summed E-state index contributed by atoms with van der Waals surface area (Å²) in [7, 11) is 0. The fraction of sp³-hybridized carbons (Fsp3) is 0.471. The third kappa shape index (κ3) is 2.47.